The number of hydrogen-bond acceptors (Lipinski definition) is 4. The first kappa shape index (κ1) is 14.9. The normalized spacial score (nSPS) is 20.6. The smallest absolute Gasteiger partial charge is 0.0628 e. The SMILES string of the molecule is CCNC(COC)CN1CCC(COC)CC1. The van der Waals surface area contributed by atoms with E-state index in [1.165, 1.54) is 25.9 Å². The summed E-state index contributed by atoms with van der Waals surface area (Å²) in [5, 5.41) is 3.48. The summed E-state index contributed by atoms with van der Waals surface area (Å²) < 4.78 is 10.5. The van der Waals surface area contributed by atoms with Crippen LogP contribution >= 0.6 is 0 Å². The molecule has 4 heteroatoms. The Morgan fingerprint density at radius 2 is 1.94 bits per heavy atom. The van der Waals surface area contributed by atoms with E-state index in [-0.39, 0.29) is 0 Å². The van der Waals surface area contributed by atoms with Gasteiger partial charge in [0, 0.05) is 33.4 Å². The number of likely N-dealkylation sites (tertiary alicyclic amines) is 1. The van der Waals surface area contributed by atoms with Crippen molar-refractivity contribution < 1.29 is 9.47 Å². The standard InChI is InChI=1S/C13H28N2O2/c1-4-14-13(11-17-3)9-15-7-5-12(6-8-15)10-16-2/h12-14H,4-11H2,1-3H3. The Bertz CT molecular complexity index is 176. The van der Waals surface area contributed by atoms with Crippen LogP contribution in [0.3, 0.4) is 0 Å². The van der Waals surface area contributed by atoms with Gasteiger partial charge in [-0.1, -0.05) is 6.92 Å². The second-order valence-electron chi connectivity index (χ2n) is 4.91. The van der Waals surface area contributed by atoms with Crippen LogP contribution in [0.5, 0.6) is 0 Å². The lowest BCUT2D eigenvalue weighted by molar-refractivity contribution is 0.0843. The molecular formula is C13H28N2O2. The fourth-order valence-electron chi connectivity index (χ4n) is 2.55. The van der Waals surface area contributed by atoms with E-state index in [2.05, 4.69) is 17.1 Å². The van der Waals surface area contributed by atoms with Crippen LogP contribution in [0.4, 0.5) is 0 Å². The lowest BCUT2D eigenvalue weighted by Gasteiger charge is -2.34. The molecule has 102 valence electrons. The van der Waals surface area contributed by atoms with Gasteiger partial charge >= 0.3 is 0 Å². The summed E-state index contributed by atoms with van der Waals surface area (Å²) in [6.07, 6.45) is 2.53. The Morgan fingerprint density at radius 3 is 2.47 bits per heavy atom. The van der Waals surface area contributed by atoms with Gasteiger partial charge in [-0.3, -0.25) is 0 Å². The van der Waals surface area contributed by atoms with Gasteiger partial charge in [0.25, 0.3) is 0 Å². The Balaban J connectivity index is 2.22. The number of likely N-dealkylation sites (N-methyl/N-ethyl adjacent to an activating group) is 1. The molecule has 0 radical (unpaired) electrons. The van der Waals surface area contributed by atoms with E-state index >= 15 is 0 Å². The van der Waals surface area contributed by atoms with Crippen molar-refractivity contribution in [2.45, 2.75) is 25.8 Å². The van der Waals surface area contributed by atoms with Crippen LogP contribution in [-0.4, -0.2) is 64.6 Å². The highest BCUT2D eigenvalue weighted by atomic mass is 16.5. The zero-order valence-electron chi connectivity index (χ0n) is 11.6. The van der Waals surface area contributed by atoms with E-state index in [1.54, 1.807) is 14.2 Å². The lowest BCUT2D eigenvalue weighted by atomic mass is 9.97. The molecule has 0 aliphatic carbocycles. The number of hydrogen-bond donors (Lipinski definition) is 1. The summed E-state index contributed by atoms with van der Waals surface area (Å²) in [4.78, 5) is 2.54. The number of piperidine rings is 1. The van der Waals surface area contributed by atoms with Crippen LogP contribution < -0.4 is 5.32 Å². The first-order valence-corrected chi connectivity index (χ1v) is 6.73. The Labute approximate surface area is 106 Å². The van der Waals surface area contributed by atoms with E-state index in [9.17, 15) is 0 Å². The van der Waals surface area contributed by atoms with Crippen molar-refractivity contribution in [2.75, 3.05) is 53.6 Å². The van der Waals surface area contributed by atoms with E-state index in [4.69, 9.17) is 9.47 Å². The maximum atomic E-state index is 5.25. The molecule has 0 amide bonds. The third kappa shape index (κ3) is 5.82. The minimum absolute atomic E-state index is 0.462. The molecule has 1 heterocycles. The van der Waals surface area contributed by atoms with Gasteiger partial charge in [-0.2, -0.15) is 0 Å². The molecule has 1 atom stereocenters. The van der Waals surface area contributed by atoms with Crippen molar-refractivity contribution in [2.24, 2.45) is 5.92 Å². The maximum absolute atomic E-state index is 5.25. The van der Waals surface area contributed by atoms with E-state index in [0.717, 1.165) is 32.2 Å². The van der Waals surface area contributed by atoms with Gasteiger partial charge in [-0.15, -0.1) is 0 Å². The first-order chi connectivity index (χ1) is 8.30. The van der Waals surface area contributed by atoms with Crippen LogP contribution in [0.2, 0.25) is 0 Å². The lowest BCUT2D eigenvalue weighted by Crippen LogP contribution is -2.46. The number of nitrogens with one attached hydrogen (secondary N) is 1. The predicted molar refractivity (Wildman–Crippen MR) is 70.4 cm³/mol. The highest BCUT2D eigenvalue weighted by Crippen LogP contribution is 2.17. The second kappa shape index (κ2) is 8.86. The highest BCUT2D eigenvalue weighted by Gasteiger charge is 2.21. The van der Waals surface area contributed by atoms with Crippen LogP contribution in [0.25, 0.3) is 0 Å². The molecule has 0 saturated carbocycles. The largest absolute Gasteiger partial charge is 0.384 e. The first-order valence-electron chi connectivity index (χ1n) is 6.73. The molecule has 0 spiro atoms. The Hall–Kier alpha value is -0.160. The third-order valence-corrected chi connectivity index (χ3v) is 3.45. The topological polar surface area (TPSA) is 33.7 Å². The molecule has 1 saturated heterocycles. The molecule has 0 aromatic carbocycles. The number of methoxy groups -OCH3 is 2. The quantitative estimate of drug-likeness (QED) is 0.690. The average molecular weight is 244 g/mol. The third-order valence-electron chi connectivity index (χ3n) is 3.45. The van der Waals surface area contributed by atoms with Crippen molar-refractivity contribution in [3.05, 3.63) is 0 Å². The Morgan fingerprint density at radius 1 is 1.24 bits per heavy atom. The Kier molecular flexibility index (Phi) is 7.77. The van der Waals surface area contributed by atoms with Gasteiger partial charge in [0.15, 0.2) is 0 Å². The molecule has 17 heavy (non-hydrogen) atoms. The summed E-state index contributed by atoms with van der Waals surface area (Å²) >= 11 is 0. The van der Waals surface area contributed by atoms with Crippen molar-refractivity contribution >= 4 is 0 Å². The molecule has 1 rings (SSSR count). The van der Waals surface area contributed by atoms with Crippen LogP contribution in [-0.2, 0) is 9.47 Å². The molecule has 1 fully saturated rings. The van der Waals surface area contributed by atoms with E-state index < -0.39 is 0 Å². The summed E-state index contributed by atoms with van der Waals surface area (Å²) in [5.41, 5.74) is 0. The van der Waals surface area contributed by atoms with Crippen molar-refractivity contribution in [3.8, 4) is 0 Å². The van der Waals surface area contributed by atoms with E-state index in [0.29, 0.717) is 6.04 Å². The zero-order chi connectivity index (χ0) is 12.5. The summed E-state index contributed by atoms with van der Waals surface area (Å²) in [6, 6.07) is 0.462. The fourth-order valence-corrected chi connectivity index (χ4v) is 2.55. The van der Waals surface area contributed by atoms with Crippen LogP contribution in [0.1, 0.15) is 19.8 Å². The van der Waals surface area contributed by atoms with Crippen molar-refractivity contribution in [1.82, 2.24) is 10.2 Å². The maximum Gasteiger partial charge on any atom is 0.0628 e. The van der Waals surface area contributed by atoms with Crippen molar-refractivity contribution in [3.63, 3.8) is 0 Å². The predicted octanol–water partition coefficient (Wildman–Crippen LogP) is 0.969. The highest BCUT2D eigenvalue weighted by molar-refractivity contribution is 4.77. The fraction of sp³-hybridized carbons (Fsp3) is 1.00. The summed E-state index contributed by atoms with van der Waals surface area (Å²) in [5.74, 6) is 0.760. The van der Waals surface area contributed by atoms with Crippen LogP contribution in [0.15, 0.2) is 0 Å². The molecule has 0 aromatic rings. The van der Waals surface area contributed by atoms with E-state index in [1.807, 2.05) is 0 Å². The molecular weight excluding hydrogens is 216 g/mol. The molecule has 1 N–H and O–H groups in total. The van der Waals surface area contributed by atoms with Gasteiger partial charge in [-0.05, 0) is 38.4 Å². The molecule has 0 bridgehead atoms. The molecule has 1 aliphatic rings. The molecule has 4 nitrogen and oxygen atoms in total. The molecule has 1 unspecified atom stereocenters. The van der Waals surface area contributed by atoms with Gasteiger partial charge in [0.2, 0.25) is 0 Å². The minimum Gasteiger partial charge on any atom is -0.384 e. The van der Waals surface area contributed by atoms with Gasteiger partial charge in [-0.25, -0.2) is 0 Å². The second-order valence-corrected chi connectivity index (χ2v) is 4.91. The minimum atomic E-state index is 0.462. The molecule has 1 aliphatic heterocycles. The van der Waals surface area contributed by atoms with Crippen LogP contribution in [0, 0.1) is 5.92 Å². The number of ether oxygens (including phenoxy) is 2. The zero-order valence-corrected chi connectivity index (χ0v) is 11.6. The number of nitrogens with zero attached hydrogens (tertiary/aromatic N) is 1. The van der Waals surface area contributed by atoms with Crippen molar-refractivity contribution in [1.29, 1.82) is 0 Å². The van der Waals surface area contributed by atoms with Gasteiger partial charge < -0.3 is 19.7 Å². The van der Waals surface area contributed by atoms with Gasteiger partial charge in [0.05, 0.1) is 6.61 Å². The monoisotopic (exact) mass is 244 g/mol. The molecule has 0 aromatic heterocycles. The van der Waals surface area contributed by atoms with Gasteiger partial charge in [0.1, 0.15) is 0 Å². The number of rotatable bonds is 8. The summed E-state index contributed by atoms with van der Waals surface area (Å²) in [6.45, 7) is 8.36. The average Bonchev–Trinajstić information content (AvgIpc) is 2.33. The summed E-state index contributed by atoms with van der Waals surface area (Å²) in [7, 11) is 3.57.